The predicted octanol–water partition coefficient (Wildman–Crippen LogP) is 11.8. The SMILES string of the molecule is C/C=C(\C)CC(c1cc(Cl)ccc1C(C)(O)C(=O)NC)[C@@]1([C@H](CCC)c2cc(F)ccc2C)C(=O)Nc2cc(Cl)ccc21.C=CO.CC.CCCC. The van der Waals surface area contributed by atoms with Crippen LogP contribution in [0.25, 0.3) is 0 Å². The molecule has 9 heteroatoms. The molecule has 0 aliphatic carbocycles. The molecular formula is C43H59Cl2FN2O4. The monoisotopic (exact) mass is 756 g/mol. The molecule has 0 aromatic heterocycles. The molecule has 2 amide bonds. The number of hydrogen-bond donors (Lipinski definition) is 4. The van der Waals surface area contributed by atoms with E-state index in [0.29, 0.717) is 46.1 Å². The standard InChI is InChI=1S/C35H39Cl2FN2O3.C4H10.C2H4O.C2H6/c1-7-9-28(25-19-24(38)13-10-21(25)4)35(29-15-12-23(37)18-31(29)40-33(35)42)30(16-20(3)8-2)26-17-22(36)11-14-27(26)34(5,43)32(41)39-6;1-3-4-2;1-2-3;1-2/h8,10-15,17-19,28,30,43H,7,9,16H2,1-6H3,(H,39,41)(H,40,42);3-4H2,1-2H3;2-3H,1H2;1-2H3/b20-8+;;;/t28-,30?,34?,35+;;;/m1.../s1. The third-order valence-electron chi connectivity index (χ3n) is 9.45. The first-order chi connectivity index (χ1) is 24.6. The van der Waals surface area contributed by atoms with Gasteiger partial charge in [0.1, 0.15) is 5.82 Å². The Bertz CT molecular complexity index is 1670. The van der Waals surface area contributed by atoms with Gasteiger partial charge in [-0.05, 0) is 105 Å². The molecule has 1 heterocycles. The lowest BCUT2D eigenvalue weighted by molar-refractivity contribution is -0.138. The van der Waals surface area contributed by atoms with Crippen LogP contribution < -0.4 is 10.6 Å². The van der Waals surface area contributed by atoms with E-state index in [4.69, 9.17) is 28.3 Å². The highest BCUT2D eigenvalue weighted by atomic mass is 35.5. The lowest BCUT2D eigenvalue weighted by Crippen LogP contribution is -2.48. The van der Waals surface area contributed by atoms with Gasteiger partial charge in [-0.1, -0.05) is 114 Å². The van der Waals surface area contributed by atoms with Crippen LogP contribution in [-0.2, 0) is 20.6 Å². The fourth-order valence-electron chi connectivity index (χ4n) is 6.75. The van der Waals surface area contributed by atoms with Gasteiger partial charge in [-0.25, -0.2) is 4.39 Å². The molecule has 4 rings (SSSR count). The number of hydrogen-bond acceptors (Lipinski definition) is 4. The molecule has 0 saturated heterocycles. The summed E-state index contributed by atoms with van der Waals surface area (Å²) in [6.07, 6.45) is 7.05. The Labute approximate surface area is 321 Å². The van der Waals surface area contributed by atoms with Crippen molar-refractivity contribution in [2.45, 2.75) is 117 Å². The van der Waals surface area contributed by atoms with Gasteiger partial charge in [-0.3, -0.25) is 9.59 Å². The molecule has 3 aromatic rings. The lowest BCUT2D eigenvalue weighted by atomic mass is 9.56. The van der Waals surface area contributed by atoms with Gasteiger partial charge < -0.3 is 20.8 Å². The summed E-state index contributed by atoms with van der Waals surface area (Å²) in [5.74, 6) is -2.36. The molecule has 286 valence electrons. The molecule has 1 aliphatic heterocycles. The predicted molar refractivity (Wildman–Crippen MR) is 217 cm³/mol. The number of benzene rings is 3. The number of carbonyl (C=O) groups excluding carboxylic acids is 2. The van der Waals surface area contributed by atoms with Gasteiger partial charge in [-0.2, -0.15) is 0 Å². The van der Waals surface area contributed by atoms with Gasteiger partial charge in [0.2, 0.25) is 5.91 Å². The normalized spacial score (nSPS) is 16.9. The van der Waals surface area contributed by atoms with Crippen molar-refractivity contribution in [3.63, 3.8) is 0 Å². The van der Waals surface area contributed by atoms with Crippen LogP contribution in [0.4, 0.5) is 10.1 Å². The first-order valence-electron chi connectivity index (χ1n) is 18.1. The van der Waals surface area contributed by atoms with Crippen LogP contribution in [0.1, 0.15) is 127 Å². The quantitative estimate of drug-likeness (QED) is 0.116. The maximum absolute atomic E-state index is 15.0. The van der Waals surface area contributed by atoms with Crippen molar-refractivity contribution in [1.29, 1.82) is 0 Å². The van der Waals surface area contributed by atoms with E-state index in [9.17, 15) is 19.1 Å². The third kappa shape index (κ3) is 10.5. The molecule has 3 aromatic carbocycles. The van der Waals surface area contributed by atoms with E-state index in [-0.39, 0.29) is 5.91 Å². The number of aryl methyl sites for hydroxylation is 1. The summed E-state index contributed by atoms with van der Waals surface area (Å²) in [4.78, 5) is 27.9. The highest BCUT2D eigenvalue weighted by Crippen LogP contribution is 2.59. The average Bonchev–Trinajstić information content (AvgIpc) is 3.41. The molecule has 0 saturated carbocycles. The van der Waals surface area contributed by atoms with Gasteiger partial charge >= 0.3 is 0 Å². The Balaban J connectivity index is 0.00000136. The molecule has 4 atom stereocenters. The highest BCUT2D eigenvalue weighted by Gasteiger charge is 2.58. The Morgan fingerprint density at radius 1 is 1.00 bits per heavy atom. The number of unbranched alkanes of at least 4 members (excludes halogenated alkanes) is 1. The van der Waals surface area contributed by atoms with E-state index in [1.807, 2.05) is 53.7 Å². The van der Waals surface area contributed by atoms with Gasteiger partial charge in [0.25, 0.3) is 5.91 Å². The fourth-order valence-corrected chi connectivity index (χ4v) is 7.11. The van der Waals surface area contributed by atoms with Crippen molar-refractivity contribution in [2.75, 3.05) is 12.4 Å². The number of carbonyl (C=O) groups is 2. The van der Waals surface area contributed by atoms with Crippen LogP contribution in [0.3, 0.4) is 0 Å². The second-order valence-corrected chi connectivity index (χ2v) is 13.7. The molecule has 0 bridgehead atoms. The topological polar surface area (TPSA) is 98.7 Å². The Morgan fingerprint density at radius 3 is 2.12 bits per heavy atom. The van der Waals surface area contributed by atoms with E-state index >= 15 is 0 Å². The number of aliphatic hydroxyl groups is 2. The van der Waals surface area contributed by atoms with Crippen LogP contribution in [0, 0.1) is 12.7 Å². The minimum absolute atomic E-state index is 0.258. The minimum atomic E-state index is -1.94. The van der Waals surface area contributed by atoms with E-state index in [1.165, 1.54) is 38.9 Å². The van der Waals surface area contributed by atoms with Crippen LogP contribution in [0.2, 0.25) is 10.0 Å². The van der Waals surface area contributed by atoms with Crippen molar-refractivity contribution in [3.8, 4) is 0 Å². The zero-order chi connectivity index (χ0) is 39.8. The van der Waals surface area contributed by atoms with E-state index < -0.39 is 34.6 Å². The maximum atomic E-state index is 15.0. The smallest absolute Gasteiger partial charge is 0.256 e. The maximum Gasteiger partial charge on any atom is 0.256 e. The van der Waals surface area contributed by atoms with E-state index in [0.717, 1.165) is 28.5 Å². The number of aliphatic hydroxyl groups excluding tert-OH is 1. The third-order valence-corrected chi connectivity index (χ3v) is 9.92. The lowest BCUT2D eigenvalue weighted by Gasteiger charge is -2.45. The van der Waals surface area contributed by atoms with E-state index in [1.54, 1.807) is 36.4 Å². The van der Waals surface area contributed by atoms with Crippen LogP contribution in [-0.4, -0.2) is 29.1 Å². The van der Waals surface area contributed by atoms with Crippen molar-refractivity contribution >= 4 is 40.7 Å². The van der Waals surface area contributed by atoms with Crippen molar-refractivity contribution in [2.24, 2.45) is 0 Å². The largest absolute Gasteiger partial charge is 0.516 e. The first kappa shape index (κ1) is 46.4. The molecule has 0 radical (unpaired) electrons. The number of fused-ring (bicyclic) bond motifs is 1. The van der Waals surface area contributed by atoms with Crippen molar-refractivity contribution in [3.05, 3.63) is 123 Å². The fraction of sp³-hybridized carbons (Fsp3) is 0.442. The van der Waals surface area contributed by atoms with Crippen LogP contribution in [0.5, 0.6) is 0 Å². The second-order valence-electron chi connectivity index (χ2n) is 12.8. The van der Waals surface area contributed by atoms with Gasteiger partial charge in [-0.15, -0.1) is 0 Å². The van der Waals surface area contributed by atoms with Crippen molar-refractivity contribution < 1.29 is 24.2 Å². The summed E-state index contributed by atoms with van der Waals surface area (Å²) in [6, 6.07) is 15.1. The molecule has 0 fully saturated rings. The summed E-state index contributed by atoms with van der Waals surface area (Å²) >= 11 is 13.1. The van der Waals surface area contributed by atoms with Crippen LogP contribution in [0.15, 0.2) is 79.1 Å². The number of rotatable bonds is 11. The summed E-state index contributed by atoms with van der Waals surface area (Å²) in [7, 11) is 1.46. The summed E-state index contributed by atoms with van der Waals surface area (Å²) in [5, 5.41) is 25.6. The number of halogens is 3. The summed E-state index contributed by atoms with van der Waals surface area (Å²) < 4.78 is 15.0. The number of likely N-dealkylation sites (N-methyl/N-ethyl adjacent to an activating group) is 1. The molecule has 6 nitrogen and oxygen atoms in total. The summed E-state index contributed by atoms with van der Waals surface area (Å²) in [6.45, 7) is 20.6. The highest BCUT2D eigenvalue weighted by molar-refractivity contribution is 6.31. The molecular weight excluding hydrogens is 698 g/mol. The Morgan fingerprint density at radius 2 is 1.58 bits per heavy atom. The molecule has 1 aliphatic rings. The number of allylic oxidation sites excluding steroid dienone is 2. The second kappa shape index (κ2) is 21.8. The molecule has 2 unspecified atom stereocenters. The molecule has 4 N–H and O–H groups in total. The zero-order valence-corrected chi connectivity index (χ0v) is 34.1. The Kier molecular flexibility index (Phi) is 19.4. The van der Waals surface area contributed by atoms with Crippen molar-refractivity contribution in [1.82, 2.24) is 5.32 Å². The van der Waals surface area contributed by atoms with E-state index in [2.05, 4.69) is 31.1 Å². The average molecular weight is 758 g/mol. The van der Waals surface area contributed by atoms with Crippen LogP contribution >= 0.6 is 23.2 Å². The zero-order valence-electron chi connectivity index (χ0n) is 32.6. The Hall–Kier alpha value is -3.65. The first-order valence-corrected chi connectivity index (χ1v) is 18.9. The number of anilines is 1. The summed E-state index contributed by atoms with van der Waals surface area (Å²) in [5.41, 5.74) is 1.56. The number of nitrogens with one attached hydrogen (secondary N) is 2. The number of amides is 2. The minimum Gasteiger partial charge on any atom is -0.516 e. The van der Waals surface area contributed by atoms with Gasteiger partial charge in [0, 0.05) is 34.6 Å². The van der Waals surface area contributed by atoms with Gasteiger partial charge in [0.05, 0.1) is 11.7 Å². The molecule has 0 spiro atoms. The molecule has 52 heavy (non-hydrogen) atoms. The van der Waals surface area contributed by atoms with Gasteiger partial charge in [0.15, 0.2) is 5.60 Å².